The predicted molar refractivity (Wildman–Crippen MR) is 83.2 cm³/mol. The van der Waals surface area contributed by atoms with Crippen molar-refractivity contribution < 1.29 is 12.8 Å². The summed E-state index contributed by atoms with van der Waals surface area (Å²) < 4.78 is 39.2. The minimum absolute atomic E-state index is 0.0363. The van der Waals surface area contributed by atoms with Crippen molar-refractivity contribution in [3.05, 3.63) is 66.5 Å². The molecule has 0 aliphatic rings. The second-order valence-electron chi connectivity index (χ2n) is 4.84. The number of benzene rings is 1. The third-order valence-corrected chi connectivity index (χ3v) is 5.19. The van der Waals surface area contributed by atoms with Crippen LogP contribution in [0.4, 0.5) is 4.39 Å². The Kier molecular flexibility index (Phi) is 5.10. The molecular formula is C15H18FN3O2S. The Bertz CT molecular complexity index is 712. The molecule has 2 aromatic rings. The lowest BCUT2D eigenvalue weighted by atomic mass is 10.1. The summed E-state index contributed by atoms with van der Waals surface area (Å²) in [6.45, 7) is 3.54. The molecule has 0 fully saturated rings. The van der Waals surface area contributed by atoms with E-state index in [2.05, 4.69) is 16.5 Å². The number of sulfonamides is 1. The molecule has 118 valence electrons. The van der Waals surface area contributed by atoms with Crippen molar-refractivity contribution in [3.63, 3.8) is 0 Å². The number of H-pyrrole nitrogens is 1. The minimum Gasteiger partial charge on any atom is -0.347 e. The first-order chi connectivity index (χ1) is 10.5. The van der Waals surface area contributed by atoms with E-state index >= 15 is 0 Å². The largest absolute Gasteiger partial charge is 0.347 e. The van der Waals surface area contributed by atoms with Crippen molar-refractivity contribution in [2.45, 2.75) is 12.5 Å². The van der Waals surface area contributed by atoms with E-state index in [9.17, 15) is 12.8 Å². The first-order valence-corrected chi connectivity index (χ1v) is 8.38. The monoisotopic (exact) mass is 323 g/mol. The van der Waals surface area contributed by atoms with Crippen LogP contribution in [0.5, 0.6) is 0 Å². The van der Waals surface area contributed by atoms with E-state index in [4.69, 9.17) is 0 Å². The predicted octanol–water partition coefficient (Wildman–Crippen LogP) is 2.48. The van der Waals surface area contributed by atoms with E-state index in [1.54, 1.807) is 30.6 Å². The van der Waals surface area contributed by atoms with Crippen LogP contribution in [0.1, 0.15) is 23.9 Å². The normalized spacial score (nSPS) is 13.2. The molecule has 0 bridgehead atoms. The zero-order valence-corrected chi connectivity index (χ0v) is 13.1. The fourth-order valence-electron chi connectivity index (χ4n) is 2.15. The summed E-state index contributed by atoms with van der Waals surface area (Å²) >= 11 is 0. The molecule has 1 unspecified atom stereocenters. The maximum absolute atomic E-state index is 13.1. The highest BCUT2D eigenvalue weighted by atomic mass is 32.2. The van der Waals surface area contributed by atoms with E-state index in [1.165, 1.54) is 23.5 Å². The number of halogens is 1. The SMILES string of the molecule is C=CCCS(=O)(=O)N(C)C(c1ccc(F)cc1)c1ncc[nH]1. The topological polar surface area (TPSA) is 66.1 Å². The molecule has 0 amide bonds. The van der Waals surface area contributed by atoms with Gasteiger partial charge in [-0.1, -0.05) is 18.2 Å². The summed E-state index contributed by atoms with van der Waals surface area (Å²) in [4.78, 5) is 7.08. The smallest absolute Gasteiger partial charge is 0.215 e. The van der Waals surface area contributed by atoms with Gasteiger partial charge in [0.25, 0.3) is 0 Å². The van der Waals surface area contributed by atoms with E-state index in [0.29, 0.717) is 17.8 Å². The van der Waals surface area contributed by atoms with Crippen LogP contribution in [-0.4, -0.2) is 35.5 Å². The molecule has 0 aliphatic carbocycles. The van der Waals surface area contributed by atoms with Gasteiger partial charge in [0.05, 0.1) is 5.75 Å². The Morgan fingerprint density at radius 3 is 2.64 bits per heavy atom. The van der Waals surface area contributed by atoms with Crippen LogP contribution in [0, 0.1) is 5.82 Å². The van der Waals surface area contributed by atoms with Gasteiger partial charge in [-0.3, -0.25) is 0 Å². The van der Waals surface area contributed by atoms with E-state index in [0.717, 1.165) is 0 Å². The molecule has 5 nitrogen and oxygen atoms in total. The second kappa shape index (κ2) is 6.85. The van der Waals surface area contributed by atoms with Crippen LogP contribution in [0.25, 0.3) is 0 Å². The summed E-state index contributed by atoms with van der Waals surface area (Å²) in [7, 11) is -2.00. The Morgan fingerprint density at radius 2 is 2.09 bits per heavy atom. The number of allylic oxidation sites excluding steroid dienone is 1. The van der Waals surface area contributed by atoms with Crippen LogP contribution in [0.2, 0.25) is 0 Å². The summed E-state index contributed by atoms with van der Waals surface area (Å²) in [5, 5.41) is 0. The molecule has 1 aromatic carbocycles. The molecule has 1 atom stereocenters. The lowest BCUT2D eigenvalue weighted by Crippen LogP contribution is -2.34. The molecule has 0 aliphatic heterocycles. The number of rotatable bonds is 7. The van der Waals surface area contributed by atoms with Gasteiger partial charge in [-0.25, -0.2) is 17.8 Å². The third-order valence-electron chi connectivity index (χ3n) is 3.35. The van der Waals surface area contributed by atoms with Crippen LogP contribution in [-0.2, 0) is 10.0 Å². The number of hydrogen-bond acceptors (Lipinski definition) is 3. The van der Waals surface area contributed by atoms with Crippen LogP contribution in [0.3, 0.4) is 0 Å². The van der Waals surface area contributed by atoms with Gasteiger partial charge in [-0.15, -0.1) is 6.58 Å². The van der Waals surface area contributed by atoms with Crippen molar-refractivity contribution in [1.29, 1.82) is 0 Å². The molecular weight excluding hydrogens is 305 g/mol. The standard InChI is InChI=1S/C15H18FN3O2S/c1-3-4-11-22(20,21)19(2)14(15-17-9-10-18-15)12-5-7-13(16)8-6-12/h3,5-10,14H,1,4,11H2,2H3,(H,17,18). The first kappa shape index (κ1) is 16.4. The highest BCUT2D eigenvalue weighted by Crippen LogP contribution is 2.27. The molecule has 1 heterocycles. The average Bonchev–Trinajstić information content (AvgIpc) is 3.01. The fraction of sp³-hybridized carbons (Fsp3) is 0.267. The van der Waals surface area contributed by atoms with Gasteiger partial charge in [0.1, 0.15) is 17.7 Å². The van der Waals surface area contributed by atoms with Gasteiger partial charge in [-0.05, 0) is 24.1 Å². The van der Waals surface area contributed by atoms with Gasteiger partial charge >= 0.3 is 0 Å². The molecule has 1 aromatic heterocycles. The quantitative estimate of drug-likeness (QED) is 0.796. The van der Waals surface area contributed by atoms with E-state index < -0.39 is 16.1 Å². The molecule has 7 heteroatoms. The molecule has 1 N–H and O–H groups in total. The Morgan fingerprint density at radius 1 is 1.41 bits per heavy atom. The zero-order chi connectivity index (χ0) is 16.2. The Labute approximate surface area is 129 Å². The average molecular weight is 323 g/mol. The van der Waals surface area contributed by atoms with Crippen LogP contribution in [0.15, 0.2) is 49.3 Å². The highest BCUT2D eigenvalue weighted by molar-refractivity contribution is 7.89. The van der Waals surface area contributed by atoms with Gasteiger partial charge in [0.2, 0.25) is 10.0 Å². The van der Waals surface area contributed by atoms with Gasteiger partial charge in [0.15, 0.2) is 0 Å². The summed E-state index contributed by atoms with van der Waals surface area (Å²) in [5.74, 6) is 0.0705. The van der Waals surface area contributed by atoms with Crippen molar-refractivity contribution in [2.75, 3.05) is 12.8 Å². The van der Waals surface area contributed by atoms with Gasteiger partial charge in [-0.2, -0.15) is 4.31 Å². The molecule has 0 spiro atoms. The number of nitrogens with zero attached hydrogens (tertiary/aromatic N) is 2. The summed E-state index contributed by atoms with van der Waals surface area (Å²) in [6, 6.07) is 5.08. The lowest BCUT2D eigenvalue weighted by molar-refractivity contribution is 0.406. The number of nitrogens with one attached hydrogen (secondary N) is 1. The summed E-state index contributed by atoms with van der Waals surface area (Å²) in [5.41, 5.74) is 0.640. The van der Waals surface area contributed by atoms with E-state index in [-0.39, 0.29) is 11.6 Å². The second-order valence-corrected chi connectivity index (χ2v) is 6.99. The third kappa shape index (κ3) is 3.61. The Balaban J connectivity index is 2.41. The lowest BCUT2D eigenvalue weighted by Gasteiger charge is -2.26. The van der Waals surface area contributed by atoms with Crippen molar-refractivity contribution >= 4 is 10.0 Å². The van der Waals surface area contributed by atoms with Crippen molar-refractivity contribution in [1.82, 2.24) is 14.3 Å². The molecule has 0 radical (unpaired) electrons. The summed E-state index contributed by atoms with van der Waals surface area (Å²) in [6.07, 6.45) is 5.10. The Hall–Kier alpha value is -1.99. The number of aromatic amines is 1. The zero-order valence-electron chi connectivity index (χ0n) is 12.2. The van der Waals surface area contributed by atoms with Crippen LogP contribution >= 0.6 is 0 Å². The molecule has 0 saturated carbocycles. The van der Waals surface area contributed by atoms with E-state index in [1.807, 2.05) is 0 Å². The highest BCUT2D eigenvalue weighted by Gasteiger charge is 2.30. The van der Waals surface area contributed by atoms with Gasteiger partial charge < -0.3 is 4.98 Å². The van der Waals surface area contributed by atoms with Crippen LogP contribution < -0.4 is 0 Å². The molecule has 22 heavy (non-hydrogen) atoms. The first-order valence-electron chi connectivity index (χ1n) is 6.77. The fourth-order valence-corrected chi connectivity index (χ4v) is 3.44. The maximum Gasteiger partial charge on any atom is 0.215 e. The van der Waals surface area contributed by atoms with Gasteiger partial charge in [0, 0.05) is 19.4 Å². The van der Waals surface area contributed by atoms with Crippen molar-refractivity contribution in [3.8, 4) is 0 Å². The number of hydrogen-bond donors (Lipinski definition) is 1. The molecule has 2 rings (SSSR count). The molecule has 0 saturated heterocycles. The minimum atomic E-state index is -3.50. The maximum atomic E-state index is 13.1. The van der Waals surface area contributed by atoms with Crippen molar-refractivity contribution in [2.24, 2.45) is 0 Å². The number of imidazole rings is 1. The number of aromatic nitrogens is 2.